The molecule has 0 aromatic heterocycles. The van der Waals surface area contributed by atoms with E-state index in [9.17, 15) is 14.0 Å². The molecular weight excluding hydrogens is 463 g/mol. The number of rotatable bonds is 6. The van der Waals surface area contributed by atoms with Crippen LogP contribution in [0, 0.1) is 24.6 Å². The van der Waals surface area contributed by atoms with Crippen LogP contribution in [0.2, 0.25) is 0 Å². The SMILES string of the molecule is Cc1ccccc1-c1ccc(CNC(=O)C2CCC[C@H]2C(=O)N2CCC(c3ccc(F)cc3)CC2)cc1. The number of carbonyl (C=O) groups is 2. The van der Waals surface area contributed by atoms with E-state index < -0.39 is 0 Å². The minimum Gasteiger partial charge on any atom is -0.352 e. The van der Waals surface area contributed by atoms with Gasteiger partial charge in [0.15, 0.2) is 0 Å². The number of nitrogens with zero attached hydrogens (tertiary/aromatic N) is 1. The average molecular weight is 499 g/mol. The second-order valence-corrected chi connectivity index (χ2v) is 10.5. The van der Waals surface area contributed by atoms with Crippen LogP contribution in [0.1, 0.15) is 54.7 Å². The Morgan fingerprint density at radius 1 is 0.865 bits per heavy atom. The average Bonchev–Trinajstić information content (AvgIpc) is 3.43. The molecule has 2 amide bonds. The molecule has 0 radical (unpaired) electrons. The van der Waals surface area contributed by atoms with Crippen LogP contribution < -0.4 is 5.32 Å². The van der Waals surface area contributed by atoms with Crippen molar-refractivity contribution in [3.05, 3.63) is 95.3 Å². The highest BCUT2D eigenvalue weighted by Gasteiger charge is 2.40. The van der Waals surface area contributed by atoms with Gasteiger partial charge in [-0.25, -0.2) is 4.39 Å². The van der Waals surface area contributed by atoms with Crippen LogP contribution in [0.25, 0.3) is 11.1 Å². The van der Waals surface area contributed by atoms with Crippen molar-refractivity contribution in [2.75, 3.05) is 13.1 Å². The molecule has 2 atom stereocenters. The summed E-state index contributed by atoms with van der Waals surface area (Å²) in [5.41, 5.74) is 5.80. The van der Waals surface area contributed by atoms with E-state index in [0.717, 1.165) is 48.8 Å². The first-order chi connectivity index (χ1) is 18.0. The van der Waals surface area contributed by atoms with Crippen molar-refractivity contribution >= 4 is 11.8 Å². The van der Waals surface area contributed by atoms with E-state index in [2.05, 4.69) is 48.6 Å². The number of carbonyl (C=O) groups excluding carboxylic acids is 2. The molecule has 1 saturated heterocycles. The van der Waals surface area contributed by atoms with Gasteiger partial charge < -0.3 is 10.2 Å². The number of benzene rings is 3. The Bertz CT molecular complexity index is 1230. The lowest BCUT2D eigenvalue weighted by Gasteiger charge is -2.34. The summed E-state index contributed by atoms with van der Waals surface area (Å²) in [5.74, 6) is -0.247. The molecule has 1 saturated carbocycles. The van der Waals surface area contributed by atoms with Crippen molar-refractivity contribution in [1.29, 1.82) is 0 Å². The van der Waals surface area contributed by atoms with E-state index in [-0.39, 0.29) is 29.5 Å². The smallest absolute Gasteiger partial charge is 0.226 e. The molecule has 0 spiro atoms. The molecule has 5 heteroatoms. The second kappa shape index (κ2) is 11.3. The highest BCUT2D eigenvalue weighted by atomic mass is 19.1. The van der Waals surface area contributed by atoms with E-state index in [1.54, 1.807) is 0 Å². The summed E-state index contributed by atoms with van der Waals surface area (Å²) in [5, 5.41) is 3.09. The lowest BCUT2D eigenvalue weighted by Crippen LogP contribution is -2.44. The summed E-state index contributed by atoms with van der Waals surface area (Å²) in [7, 11) is 0. The lowest BCUT2D eigenvalue weighted by molar-refractivity contribution is -0.141. The van der Waals surface area contributed by atoms with Crippen molar-refractivity contribution < 1.29 is 14.0 Å². The van der Waals surface area contributed by atoms with Gasteiger partial charge >= 0.3 is 0 Å². The van der Waals surface area contributed by atoms with Crippen molar-refractivity contribution in [3.8, 4) is 11.1 Å². The zero-order valence-electron chi connectivity index (χ0n) is 21.5. The van der Waals surface area contributed by atoms with Gasteiger partial charge in [-0.1, -0.05) is 67.1 Å². The van der Waals surface area contributed by atoms with Crippen LogP contribution in [-0.2, 0) is 16.1 Å². The summed E-state index contributed by atoms with van der Waals surface area (Å²) in [6.07, 6.45) is 4.20. The molecule has 1 heterocycles. The summed E-state index contributed by atoms with van der Waals surface area (Å²) >= 11 is 0. The highest BCUT2D eigenvalue weighted by Crippen LogP contribution is 2.36. The van der Waals surface area contributed by atoms with E-state index >= 15 is 0 Å². The molecule has 2 fully saturated rings. The predicted molar refractivity (Wildman–Crippen MR) is 144 cm³/mol. The standard InChI is InChI=1S/C32H35FN2O2/c1-22-5-2-3-6-28(22)26-11-9-23(10-12-26)21-34-31(36)29-7-4-8-30(29)32(37)35-19-17-25(18-20-35)24-13-15-27(33)16-14-24/h2-3,5-6,9-16,25,29-30H,4,7-8,17-21H2,1H3,(H,34,36)/t29?,30-/m1/s1. The summed E-state index contributed by atoms with van der Waals surface area (Å²) in [4.78, 5) is 28.4. The minimum atomic E-state index is -0.256. The molecule has 1 aliphatic carbocycles. The highest BCUT2D eigenvalue weighted by molar-refractivity contribution is 5.88. The molecule has 1 aliphatic heterocycles. The zero-order valence-corrected chi connectivity index (χ0v) is 21.5. The molecule has 3 aromatic carbocycles. The number of hydrogen-bond donors (Lipinski definition) is 1. The van der Waals surface area contributed by atoms with E-state index in [0.29, 0.717) is 25.6 Å². The van der Waals surface area contributed by atoms with E-state index in [1.165, 1.54) is 23.3 Å². The summed E-state index contributed by atoms with van der Waals surface area (Å²) in [6, 6.07) is 23.3. The Hall–Kier alpha value is -3.47. The van der Waals surface area contributed by atoms with Gasteiger partial charge in [0.05, 0.1) is 0 Å². The molecule has 3 aromatic rings. The fraction of sp³-hybridized carbons (Fsp3) is 0.375. The summed E-state index contributed by atoms with van der Waals surface area (Å²) in [6.45, 7) is 3.96. The first-order valence-electron chi connectivity index (χ1n) is 13.5. The fourth-order valence-electron chi connectivity index (χ4n) is 5.99. The van der Waals surface area contributed by atoms with Crippen LogP contribution >= 0.6 is 0 Å². The molecule has 192 valence electrons. The number of nitrogens with one attached hydrogen (secondary N) is 1. The molecule has 5 rings (SSSR count). The molecule has 4 nitrogen and oxygen atoms in total. The third-order valence-corrected chi connectivity index (χ3v) is 8.19. The van der Waals surface area contributed by atoms with Gasteiger partial charge in [0.1, 0.15) is 5.82 Å². The maximum absolute atomic E-state index is 13.4. The first kappa shape index (κ1) is 25.2. The lowest BCUT2D eigenvalue weighted by atomic mass is 9.87. The number of piperidine rings is 1. The normalized spacial score (nSPS) is 20.1. The molecule has 0 bridgehead atoms. The van der Waals surface area contributed by atoms with Crippen molar-refractivity contribution in [1.82, 2.24) is 10.2 Å². The van der Waals surface area contributed by atoms with Crippen LogP contribution in [0.15, 0.2) is 72.8 Å². The molecular formula is C32H35FN2O2. The summed E-state index contributed by atoms with van der Waals surface area (Å²) < 4.78 is 13.3. The number of hydrogen-bond acceptors (Lipinski definition) is 2. The van der Waals surface area contributed by atoms with Crippen LogP contribution in [0.3, 0.4) is 0 Å². The van der Waals surface area contributed by atoms with Gasteiger partial charge in [-0.05, 0) is 78.5 Å². The molecule has 37 heavy (non-hydrogen) atoms. The van der Waals surface area contributed by atoms with Gasteiger partial charge in [0.2, 0.25) is 11.8 Å². The fourth-order valence-corrected chi connectivity index (χ4v) is 5.99. The Morgan fingerprint density at radius 3 is 2.24 bits per heavy atom. The maximum atomic E-state index is 13.4. The molecule has 1 unspecified atom stereocenters. The number of likely N-dealkylation sites (tertiary alicyclic amines) is 1. The number of aryl methyl sites for hydroxylation is 1. The molecule has 1 N–H and O–H groups in total. The third kappa shape index (κ3) is 5.76. The zero-order chi connectivity index (χ0) is 25.8. The number of halogens is 1. The van der Waals surface area contributed by atoms with E-state index in [1.807, 2.05) is 29.2 Å². The Labute approximate surface area is 218 Å². The van der Waals surface area contributed by atoms with Crippen molar-refractivity contribution in [2.24, 2.45) is 11.8 Å². The Kier molecular flexibility index (Phi) is 7.68. The monoisotopic (exact) mass is 498 g/mol. The van der Waals surface area contributed by atoms with Gasteiger partial charge in [-0.3, -0.25) is 9.59 Å². The third-order valence-electron chi connectivity index (χ3n) is 8.19. The Balaban J connectivity index is 1.14. The maximum Gasteiger partial charge on any atom is 0.226 e. The van der Waals surface area contributed by atoms with Gasteiger partial charge in [0, 0.05) is 31.5 Å². The van der Waals surface area contributed by atoms with Crippen molar-refractivity contribution in [2.45, 2.75) is 51.5 Å². The Morgan fingerprint density at radius 2 is 1.54 bits per heavy atom. The molecule has 2 aliphatic rings. The first-order valence-corrected chi connectivity index (χ1v) is 13.5. The second-order valence-electron chi connectivity index (χ2n) is 10.5. The van der Waals surface area contributed by atoms with Crippen LogP contribution in [-0.4, -0.2) is 29.8 Å². The van der Waals surface area contributed by atoms with Gasteiger partial charge in [-0.2, -0.15) is 0 Å². The van der Waals surface area contributed by atoms with Crippen LogP contribution in [0.4, 0.5) is 4.39 Å². The largest absolute Gasteiger partial charge is 0.352 e. The van der Waals surface area contributed by atoms with Gasteiger partial charge in [0.25, 0.3) is 0 Å². The van der Waals surface area contributed by atoms with Gasteiger partial charge in [-0.15, -0.1) is 0 Å². The number of amides is 2. The topological polar surface area (TPSA) is 49.4 Å². The van der Waals surface area contributed by atoms with E-state index in [4.69, 9.17) is 0 Å². The quantitative estimate of drug-likeness (QED) is 0.437. The van der Waals surface area contributed by atoms with Crippen LogP contribution in [0.5, 0.6) is 0 Å². The minimum absolute atomic E-state index is 0.0139. The predicted octanol–water partition coefficient (Wildman–Crippen LogP) is 6.24. The van der Waals surface area contributed by atoms with Crippen molar-refractivity contribution in [3.63, 3.8) is 0 Å².